The molecule has 25 heavy (non-hydrogen) atoms. The number of hydrogen-bond donors (Lipinski definition) is 2. The van der Waals surface area contributed by atoms with E-state index in [4.69, 9.17) is 14.2 Å². The quantitative estimate of drug-likeness (QED) is 0.675. The number of halogens is 1. The van der Waals surface area contributed by atoms with Gasteiger partial charge >= 0.3 is 0 Å². The van der Waals surface area contributed by atoms with Gasteiger partial charge in [0.05, 0.1) is 7.11 Å². The van der Waals surface area contributed by atoms with Crippen molar-refractivity contribution in [2.45, 2.75) is 13.0 Å². The molecular formula is C19H19FN2O3. The molecule has 0 bridgehead atoms. The van der Waals surface area contributed by atoms with Crippen molar-refractivity contribution in [3.05, 3.63) is 53.5 Å². The first-order chi connectivity index (χ1) is 12.2. The largest absolute Gasteiger partial charge is 0.493 e. The lowest BCUT2D eigenvalue weighted by Gasteiger charge is -2.09. The topological polar surface area (TPSA) is 55.5 Å². The van der Waals surface area contributed by atoms with Crippen LogP contribution in [0.3, 0.4) is 0 Å². The first kappa shape index (κ1) is 15.8. The summed E-state index contributed by atoms with van der Waals surface area (Å²) in [5, 5.41) is 4.48. The van der Waals surface area contributed by atoms with Crippen molar-refractivity contribution in [2.75, 3.05) is 20.4 Å². The van der Waals surface area contributed by atoms with E-state index >= 15 is 0 Å². The Hall–Kier alpha value is -2.73. The summed E-state index contributed by atoms with van der Waals surface area (Å²) in [6.07, 6.45) is 2.79. The molecule has 0 spiro atoms. The normalized spacial score (nSPS) is 12.7. The minimum atomic E-state index is -0.226. The van der Waals surface area contributed by atoms with Crippen molar-refractivity contribution in [1.82, 2.24) is 10.3 Å². The van der Waals surface area contributed by atoms with Crippen molar-refractivity contribution in [3.63, 3.8) is 0 Å². The zero-order chi connectivity index (χ0) is 17.2. The average Bonchev–Trinajstić information content (AvgIpc) is 3.24. The van der Waals surface area contributed by atoms with Gasteiger partial charge in [-0.2, -0.15) is 0 Å². The van der Waals surface area contributed by atoms with E-state index < -0.39 is 0 Å². The predicted octanol–water partition coefficient (Wildman–Crippen LogP) is 3.38. The summed E-state index contributed by atoms with van der Waals surface area (Å²) >= 11 is 0. The molecule has 0 aliphatic carbocycles. The second-order valence-electron chi connectivity index (χ2n) is 5.96. The lowest BCUT2D eigenvalue weighted by molar-refractivity contribution is 0.171. The Morgan fingerprint density at radius 2 is 2.16 bits per heavy atom. The highest BCUT2D eigenvalue weighted by atomic mass is 19.1. The van der Waals surface area contributed by atoms with E-state index in [2.05, 4.69) is 10.3 Å². The average molecular weight is 342 g/mol. The maximum atomic E-state index is 13.2. The van der Waals surface area contributed by atoms with Gasteiger partial charge in [-0.3, -0.25) is 0 Å². The predicted molar refractivity (Wildman–Crippen MR) is 92.8 cm³/mol. The summed E-state index contributed by atoms with van der Waals surface area (Å²) in [7, 11) is 1.62. The highest BCUT2D eigenvalue weighted by molar-refractivity contribution is 5.83. The molecule has 2 N–H and O–H groups in total. The molecule has 0 fully saturated rings. The van der Waals surface area contributed by atoms with Crippen molar-refractivity contribution in [2.24, 2.45) is 0 Å². The Morgan fingerprint density at radius 3 is 3.04 bits per heavy atom. The molecule has 0 saturated heterocycles. The number of hydrogen-bond acceptors (Lipinski definition) is 4. The molecule has 3 aromatic rings. The highest BCUT2D eigenvalue weighted by Gasteiger charge is 2.19. The summed E-state index contributed by atoms with van der Waals surface area (Å²) in [5.74, 6) is 1.84. The molecule has 0 saturated carbocycles. The SMILES string of the molecule is COc1cc(CNCCc2c[nH]c3cc(F)ccc23)cc2c1OCO2. The second-order valence-corrected chi connectivity index (χ2v) is 5.96. The molecule has 1 aliphatic heterocycles. The van der Waals surface area contributed by atoms with E-state index in [-0.39, 0.29) is 12.6 Å². The van der Waals surface area contributed by atoms with Crippen LogP contribution in [0.15, 0.2) is 36.5 Å². The number of ether oxygens (including phenoxy) is 3. The third kappa shape index (κ3) is 3.13. The second kappa shape index (κ2) is 6.64. The van der Waals surface area contributed by atoms with Gasteiger partial charge in [-0.05, 0) is 54.4 Å². The van der Waals surface area contributed by atoms with E-state index in [1.807, 2.05) is 24.4 Å². The summed E-state index contributed by atoms with van der Waals surface area (Å²) in [4.78, 5) is 3.12. The van der Waals surface area contributed by atoms with Gasteiger partial charge in [0.25, 0.3) is 0 Å². The fourth-order valence-corrected chi connectivity index (χ4v) is 3.11. The van der Waals surface area contributed by atoms with Gasteiger partial charge in [0.1, 0.15) is 5.82 Å². The number of nitrogens with one attached hydrogen (secondary N) is 2. The fraction of sp³-hybridized carbons (Fsp3) is 0.263. The molecule has 1 aliphatic rings. The lowest BCUT2D eigenvalue weighted by atomic mass is 10.1. The monoisotopic (exact) mass is 342 g/mol. The first-order valence-electron chi connectivity index (χ1n) is 8.17. The van der Waals surface area contributed by atoms with Crippen molar-refractivity contribution in [1.29, 1.82) is 0 Å². The van der Waals surface area contributed by atoms with Crippen LogP contribution < -0.4 is 19.5 Å². The Bertz CT molecular complexity index is 907. The van der Waals surface area contributed by atoms with Gasteiger partial charge in [0, 0.05) is 23.6 Å². The first-order valence-corrected chi connectivity index (χ1v) is 8.17. The van der Waals surface area contributed by atoms with E-state index in [0.29, 0.717) is 18.0 Å². The summed E-state index contributed by atoms with van der Waals surface area (Å²) in [5.41, 5.74) is 3.07. The summed E-state index contributed by atoms with van der Waals surface area (Å²) < 4.78 is 29.4. The Balaban J connectivity index is 1.38. The molecule has 0 atom stereocenters. The third-order valence-electron chi connectivity index (χ3n) is 4.35. The van der Waals surface area contributed by atoms with E-state index in [1.54, 1.807) is 7.11 Å². The van der Waals surface area contributed by atoms with E-state index in [1.165, 1.54) is 17.7 Å². The van der Waals surface area contributed by atoms with Crippen LogP contribution in [0, 0.1) is 5.82 Å². The number of H-pyrrole nitrogens is 1. The number of fused-ring (bicyclic) bond motifs is 2. The number of methoxy groups -OCH3 is 1. The summed E-state index contributed by atoms with van der Waals surface area (Å²) in [6, 6.07) is 8.75. The molecule has 130 valence electrons. The zero-order valence-electron chi connectivity index (χ0n) is 13.9. The van der Waals surface area contributed by atoms with Gasteiger partial charge < -0.3 is 24.5 Å². The Kier molecular flexibility index (Phi) is 4.19. The van der Waals surface area contributed by atoms with Crippen LogP contribution in [0.2, 0.25) is 0 Å². The minimum Gasteiger partial charge on any atom is -0.493 e. The molecule has 4 rings (SSSR count). The van der Waals surface area contributed by atoms with Crippen LogP contribution in [0.1, 0.15) is 11.1 Å². The number of aromatic amines is 1. The molecule has 2 heterocycles. The minimum absolute atomic E-state index is 0.226. The fourth-order valence-electron chi connectivity index (χ4n) is 3.11. The lowest BCUT2D eigenvalue weighted by Crippen LogP contribution is -2.16. The van der Waals surface area contributed by atoms with E-state index in [0.717, 1.165) is 35.2 Å². The van der Waals surface area contributed by atoms with Gasteiger partial charge in [-0.25, -0.2) is 4.39 Å². The van der Waals surface area contributed by atoms with Crippen LogP contribution >= 0.6 is 0 Å². The van der Waals surface area contributed by atoms with Crippen LogP contribution in [-0.2, 0) is 13.0 Å². The number of benzene rings is 2. The van der Waals surface area contributed by atoms with Gasteiger partial charge in [-0.1, -0.05) is 0 Å². The van der Waals surface area contributed by atoms with Crippen molar-refractivity contribution in [3.8, 4) is 17.2 Å². The molecule has 5 nitrogen and oxygen atoms in total. The van der Waals surface area contributed by atoms with Gasteiger partial charge in [0.15, 0.2) is 11.5 Å². The smallest absolute Gasteiger partial charge is 0.231 e. The highest BCUT2D eigenvalue weighted by Crippen LogP contribution is 2.41. The zero-order valence-corrected chi connectivity index (χ0v) is 13.9. The van der Waals surface area contributed by atoms with E-state index in [9.17, 15) is 4.39 Å². The van der Waals surface area contributed by atoms with Crippen LogP contribution in [-0.4, -0.2) is 25.4 Å². The van der Waals surface area contributed by atoms with Crippen molar-refractivity contribution < 1.29 is 18.6 Å². The number of aromatic nitrogens is 1. The molecule has 0 unspecified atom stereocenters. The molecule has 0 amide bonds. The van der Waals surface area contributed by atoms with Crippen molar-refractivity contribution >= 4 is 10.9 Å². The molecule has 0 radical (unpaired) electrons. The summed E-state index contributed by atoms with van der Waals surface area (Å²) in [6.45, 7) is 1.73. The number of rotatable bonds is 6. The third-order valence-corrected chi connectivity index (χ3v) is 4.35. The van der Waals surface area contributed by atoms with Crippen LogP contribution in [0.25, 0.3) is 10.9 Å². The standard InChI is InChI=1S/C19H19FN2O3/c1-23-17-6-12(7-18-19(17)25-11-24-18)9-21-5-4-13-10-22-16-8-14(20)2-3-15(13)16/h2-3,6-8,10,21-22H,4-5,9,11H2,1H3. The Morgan fingerprint density at radius 1 is 1.24 bits per heavy atom. The Labute approximate surface area is 144 Å². The molecule has 1 aromatic heterocycles. The van der Waals surface area contributed by atoms with Gasteiger partial charge in [0.2, 0.25) is 12.5 Å². The van der Waals surface area contributed by atoms with Crippen LogP contribution in [0.5, 0.6) is 17.2 Å². The molecule has 2 aromatic carbocycles. The van der Waals surface area contributed by atoms with Gasteiger partial charge in [-0.15, -0.1) is 0 Å². The molecule has 6 heteroatoms. The molecular weight excluding hydrogens is 323 g/mol. The van der Waals surface area contributed by atoms with Crippen LogP contribution in [0.4, 0.5) is 4.39 Å². The maximum absolute atomic E-state index is 13.2. The maximum Gasteiger partial charge on any atom is 0.231 e.